The highest BCUT2D eigenvalue weighted by Gasteiger charge is 2.21. The summed E-state index contributed by atoms with van der Waals surface area (Å²) < 4.78 is 10.7. The van der Waals surface area contributed by atoms with E-state index in [0.29, 0.717) is 35.3 Å². The molecule has 20 heavy (non-hydrogen) atoms. The monoisotopic (exact) mass is 294 g/mol. The molecule has 1 aromatic heterocycles. The zero-order valence-corrected chi connectivity index (χ0v) is 11.8. The lowest BCUT2D eigenvalue weighted by atomic mass is 10.3. The van der Waals surface area contributed by atoms with E-state index in [1.54, 1.807) is 19.2 Å². The highest BCUT2D eigenvalue weighted by Crippen LogP contribution is 2.28. The SMILES string of the molecule is COc1cc(Nc2nnc(CNC3CC3)o2)ccc1Cl. The third-order valence-electron chi connectivity index (χ3n) is 2.99. The van der Waals surface area contributed by atoms with Gasteiger partial charge in [-0.1, -0.05) is 16.7 Å². The van der Waals surface area contributed by atoms with Crippen LogP contribution in [0.25, 0.3) is 0 Å². The Labute approximate surface area is 121 Å². The van der Waals surface area contributed by atoms with E-state index >= 15 is 0 Å². The third kappa shape index (κ3) is 3.20. The molecular weight excluding hydrogens is 280 g/mol. The largest absolute Gasteiger partial charge is 0.495 e. The van der Waals surface area contributed by atoms with Crippen LogP contribution in [0.2, 0.25) is 5.02 Å². The lowest BCUT2D eigenvalue weighted by molar-refractivity contribution is 0.415. The second-order valence-electron chi connectivity index (χ2n) is 4.63. The van der Waals surface area contributed by atoms with Gasteiger partial charge in [-0.2, -0.15) is 0 Å². The van der Waals surface area contributed by atoms with Crippen molar-refractivity contribution in [1.29, 1.82) is 0 Å². The van der Waals surface area contributed by atoms with Gasteiger partial charge >= 0.3 is 6.01 Å². The number of hydrogen-bond donors (Lipinski definition) is 2. The van der Waals surface area contributed by atoms with Crippen molar-refractivity contribution >= 4 is 23.3 Å². The highest BCUT2D eigenvalue weighted by atomic mass is 35.5. The molecule has 0 unspecified atom stereocenters. The zero-order chi connectivity index (χ0) is 13.9. The van der Waals surface area contributed by atoms with Crippen LogP contribution in [-0.4, -0.2) is 23.3 Å². The lowest BCUT2D eigenvalue weighted by Crippen LogP contribution is -2.15. The first-order valence-electron chi connectivity index (χ1n) is 6.41. The molecule has 1 heterocycles. The number of aromatic nitrogens is 2. The Hall–Kier alpha value is -1.79. The molecule has 0 saturated heterocycles. The van der Waals surface area contributed by atoms with Gasteiger partial charge in [-0.25, -0.2) is 0 Å². The first-order valence-corrected chi connectivity index (χ1v) is 6.79. The molecule has 2 N–H and O–H groups in total. The second kappa shape index (κ2) is 5.68. The van der Waals surface area contributed by atoms with Crippen LogP contribution in [0.3, 0.4) is 0 Å². The number of benzene rings is 1. The van der Waals surface area contributed by atoms with E-state index in [4.69, 9.17) is 20.8 Å². The minimum Gasteiger partial charge on any atom is -0.495 e. The van der Waals surface area contributed by atoms with E-state index in [-0.39, 0.29) is 0 Å². The fourth-order valence-corrected chi connectivity index (χ4v) is 1.95. The van der Waals surface area contributed by atoms with Crippen molar-refractivity contribution in [3.05, 3.63) is 29.1 Å². The quantitative estimate of drug-likeness (QED) is 0.853. The standard InChI is InChI=1S/C13H15ClN4O2/c1-19-11-6-9(4-5-10(11)14)16-13-18-17-12(20-13)7-15-8-2-3-8/h4-6,8,15H,2-3,7H2,1H3,(H,16,18). The van der Waals surface area contributed by atoms with Gasteiger partial charge in [0.05, 0.1) is 18.7 Å². The predicted molar refractivity (Wildman–Crippen MR) is 75.4 cm³/mol. The van der Waals surface area contributed by atoms with Gasteiger partial charge in [0, 0.05) is 17.8 Å². The maximum absolute atomic E-state index is 5.97. The van der Waals surface area contributed by atoms with Crippen LogP contribution in [-0.2, 0) is 6.54 Å². The molecule has 1 aromatic carbocycles. The number of nitrogens with zero attached hydrogens (tertiary/aromatic N) is 2. The number of rotatable bonds is 6. The van der Waals surface area contributed by atoms with Crippen LogP contribution < -0.4 is 15.4 Å². The van der Waals surface area contributed by atoms with E-state index < -0.39 is 0 Å². The van der Waals surface area contributed by atoms with Crippen molar-refractivity contribution in [3.63, 3.8) is 0 Å². The molecule has 0 atom stereocenters. The summed E-state index contributed by atoms with van der Waals surface area (Å²) in [6, 6.07) is 6.29. The van der Waals surface area contributed by atoms with Crippen LogP contribution in [0.15, 0.2) is 22.6 Å². The molecule has 0 amide bonds. The Bertz CT molecular complexity index is 598. The van der Waals surface area contributed by atoms with Crippen LogP contribution in [0.4, 0.5) is 11.7 Å². The van der Waals surface area contributed by atoms with Gasteiger partial charge in [-0.15, -0.1) is 5.10 Å². The fourth-order valence-electron chi connectivity index (χ4n) is 1.76. The summed E-state index contributed by atoms with van der Waals surface area (Å²) in [5, 5.41) is 14.8. The summed E-state index contributed by atoms with van der Waals surface area (Å²) in [6.07, 6.45) is 2.45. The molecule has 0 radical (unpaired) electrons. The van der Waals surface area contributed by atoms with Gasteiger partial charge < -0.3 is 19.8 Å². The minimum absolute atomic E-state index is 0.349. The zero-order valence-electron chi connectivity index (χ0n) is 11.0. The van der Waals surface area contributed by atoms with Crippen molar-refractivity contribution in [2.24, 2.45) is 0 Å². The molecule has 6 nitrogen and oxygen atoms in total. The number of hydrogen-bond acceptors (Lipinski definition) is 6. The molecule has 3 rings (SSSR count). The van der Waals surface area contributed by atoms with E-state index in [9.17, 15) is 0 Å². The molecule has 1 saturated carbocycles. The summed E-state index contributed by atoms with van der Waals surface area (Å²) in [7, 11) is 1.57. The first kappa shape index (κ1) is 13.2. The van der Waals surface area contributed by atoms with Crippen LogP contribution in [0, 0.1) is 0 Å². The normalized spacial score (nSPS) is 14.3. The molecule has 0 bridgehead atoms. The average Bonchev–Trinajstić information content (AvgIpc) is 3.18. The molecule has 1 aliphatic rings. The van der Waals surface area contributed by atoms with Crippen LogP contribution in [0.5, 0.6) is 5.75 Å². The number of anilines is 2. The highest BCUT2D eigenvalue weighted by molar-refractivity contribution is 6.32. The lowest BCUT2D eigenvalue weighted by Gasteiger charge is -2.06. The maximum atomic E-state index is 5.97. The van der Waals surface area contributed by atoms with Gasteiger partial charge in [0.2, 0.25) is 5.89 Å². The van der Waals surface area contributed by atoms with Gasteiger partial charge in [0.25, 0.3) is 0 Å². The summed E-state index contributed by atoms with van der Waals surface area (Å²) in [4.78, 5) is 0. The Morgan fingerprint density at radius 3 is 3.00 bits per heavy atom. The number of methoxy groups -OCH3 is 1. The molecule has 2 aromatic rings. The van der Waals surface area contributed by atoms with Gasteiger partial charge in [0.1, 0.15) is 5.75 Å². The Balaban J connectivity index is 1.64. The second-order valence-corrected chi connectivity index (χ2v) is 5.04. The predicted octanol–water partition coefficient (Wildman–Crippen LogP) is 2.73. The van der Waals surface area contributed by atoms with Crippen molar-refractivity contribution in [2.45, 2.75) is 25.4 Å². The molecule has 7 heteroatoms. The summed E-state index contributed by atoms with van der Waals surface area (Å²) >= 11 is 5.97. The summed E-state index contributed by atoms with van der Waals surface area (Å²) in [6.45, 7) is 0.600. The van der Waals surface area contributed by atoms with Gasteiger partial charge in [-0.05, 0) is 25.0 Å². The number of halogens is 1. The number of ether oxygens (including phenoxy) is 1. The number of nitrogens with one attached hydrogen (secondary N) is 2. The third-order valence-corrected chi connectivity index (χ3v) is 3.30. The van der Waals surface area contributed by atoms with Crippen molar-refractivity contribution < 1.29 is 9.15 Å². The molecule has 106 valence electrons. The van der Waals surface area contributed by atoms with Crippen LogP contribution >= 0.6 is 11.6 Å². The molecule has 1 fully saturated rings. The molecular formula is C13H15ClN4O2. The molecule has 1 aliphatic carbocycles. The van der Waals surface area contributed by atoms with E-state index in [0.717, 1.165) is 5.69 Å². The van der Waals surface area contributed by atoms with Crippen molar-refractivity contribution in [2.75, 3.05) is 12.4 Å². The molecule has 0 aliphatic heterocycles. The first-order chi connectivity index (χ1) is 9.74. The average molecular weight is 295 g/mol. The smallest absolute Gasteiger partial charge is 0.320 e. The van der Waals surface area contributed by atoms with Crippen molar-refractivity contribution in [3.8, 4) is 5.75 Å². The van der Waals surface area contributed by atoms with Gasteiger partial charge in [0.15, 0.2) is 0 Å². The van der Waals surface area contributed by atoms with Gasteiger partial charge in [-0.3, -0.25) is 0 Å². The Morgan fingerprint density at radius 2 is 2.25 bits per heavy atom. The van der Waals surface area contributed by atoms with E-state index in [1.807, 2.05) is 6.07 Å². The summed E-state index contributed by atoms with van der Waals surface area (Å²) in [5.74, 6) is 1.16. The van der Waals surface area contributed by atoms with E-state index in [2.05, 4.69) is 20.8 Å². The fraction of sp³-hybridized carbons (Fsp3) is 0.385. The minimum atomic E-state index is 0.349. The Kier molecular flexibility index (Phi) is 3.75. The summed E-state index contributed by atoms with van der Waals surface area (Å²) in [5.41, 5.74) is 0.775. The topological polar surface area (TPSA) is 72.2 Å². The Morgan fingerprint density at radius 1 is 1.40 bits per heavy atom. The van der Waals surface area contributed by atoms with Crippen LogP contribution in [0.1, 0.15) is 18.7 Å². The maximum Gasteiger partial charge on any atom is 0.320 e. The van der Waals surface area contributed by atoms with E-state index in [1.165, 1.54) is 12.8 Å². The molecule has 0 spiro atoms. The van der Waals surface area contributed by atoms with Crippen molar-refractivity contribution in [1.82, 2.24) is 15.5 Å².